The third-order valence-electron chi connectivity index (χ3n) is 3.54. The van der Waals surface area contributed by atoms with Gasteiger partial charge in [-0.1, -0.05) is 18.2 Å². The van der Waals surface area contributed by atoms with Gasteiger partial charge >= 0.3 is 0 Å². The van der Waals surface area contributed by atoms with Crippen LogP contribution < -0.4 is 5.56 Å². The summed E-state index contributed by atoms with van der Waals surface area (Å²) in [6.45, 7) is 0.302. The topological polar surface area (TPSA) is 81.9 Å². The maximum atomic E-state index is 12.3. The van der Waals surface area contributed by atoms with Crippen molar-refractivity contribution in [2.45, 2.75) is 17.9 Å². The number of benzene rings is 1. The Labute approximate surface area is 133 Å². The molecule has 2 heterocycles. The van der Waals surface area contributed by atoms with Crippen molar-refractivity contribution in [2.75, 3.05) is 5.75 Å². The quantitative estimate of drug-likeness (QED) is 0.711. The summed E-state index contributed by atoms with van der Waals surface area (Å²) in [5.74, 6) is -0.0160. The number of rotatable bonds is 5. The van der Waals surface area contributed by atoms with Crippen LogP contribution in [0.3, 0.4) is 0 Å². The van der Waals surface area contributed by atoms with Crippen LogP contribution in [-0.4, -0.2) is 28.7 Å². The van der Waals surface area contributed by atoms with E-state index in [2.05, 4.69) is 9.97 Å². The number of pyridine rings is 1. The zero-order chi connectivity index (χ0) is 16.3. The van der Waals surface area contributed by atoms with Gasteiger partial charge in [0.15, 0.2) is 9.84 Å². The monoisotopic (exact) mass is 329 g/mol. The Balaban J connectivity index is 1.75. The summed E-state index contributed by atoms with van der Waals surface area (Å²) in [5, 5.41) is 0.480. The molecule has 0 amide bonds. The highest BCUT2D eigenvalue weighted by Gasteiger charge is 2.13. The standard InChI is InChI=1S/C16H15N3O3S/c20-16-14-7-8-17-11-15(14)18-12-19(16)9-4-10-23(21,22)13-5-2-1-3-6-13/h1-3,5-8,11-12H,4,9-10H2. The predicted molar refractivity (Wildman–Crippen MR) is 86.9 cm³/mol. The minimum Gasteiger partial charge on any atom is -0.299 e. The second-order valence-corrected chi connectivity index (χ2v) is 7.23. The molecule has 1 aromatic carbocycles. The van der Waals surface area contributed by atoms with Crippen LogP contribution >= 0.6 is 0 Å². The van der Waals surface area contributed by atoms with Gasteiger partial charge in [0.1, 0.15) is 0 Å². The summed E-state index contributed by atoms with van der Waals surface area (Å²) in [7, 11) is -3.33. The van der Waals surface area contributed by atoms with E-state index in [1.165, 1.54) is 23.3 Å². The molecule has 3 rings (SSSR count). The first-order valence-electron chi connectivity index (χ1n) is 7.15. The fraction of sp³-hybridized carbons (Fsp3) is 0.188. The first kappa shape index (κ1) is 15.4. The van der Waals surface area contributed by atoms with Crippen molar-refractivity contribution in [1.29, 1.82) is 0 Å². The van der Waals surface area contributed by atoms with Crippen LogP contribution in [0.5, 0.6) is 0 Å². The maximum absolute atomic E-state index is 12.3. The van der Waals surface area contributed by atoms with Gasteiger partial charge in [0, 0.05) is 12.7 Å². The molecular formula is C16H15N3O3S. The van der Waals surface area contributed by atoms with Crippen molar-refractivity contribution < 1.29 is 8.42 Å². The van der Waals surface area contributed by atoms with Crippen LogP contribution in [0.15, 0.2) is 64.8 Å². The van der Waals surface area contributed by atoms with E-state index < -0.39 is 9.84 Å². The molecule has 0 radical (unpaired) electrons. The first-order valence-corrected chi connectivity index (χ1v) is 8.80. The summed E-state index contributed by atoms with van der Waals surface area (Å²) in [4.78, 5) is 20.7. The largest absolute Gasteiger partial charge is 0.299 e. The molecule has 0 aliphatic heterocycles. The highest BCUT2D eigenvalue weighted by atomic mass is 32.2. The zero-order valence-electron chi connectivity index (χ0n) is 12.3. The Kier molecular flexibility index (Phi) is 4.20. The van der Waals surface area contributed by atoms with Gasteiger partial charge in [0.2, 0.25) is 0 Å². The predicted octanol–water partition coefficient (Wildman–Crippen LogP) is 1.66. The van der Waals surface area contributed by atoms with E-state index in [9.17, 15) is 13.2 Å². The van der Waals surface area contributed by atoms with Crippen molar-refractivity contribution in [3.63, 3.8) is 0 Å². The van der Waals surface area contributed by atoms with E-state index in [-0.39, 0.29) is 11.3 Å². The second kappa shape index (κ2) is 6.29. The molecule has 0 saturated heterocycles. The van der Waals surface area contributed by atoms with Gasteiger partial charge in [0.25, 0.3) is 5.56 Å². The lowest BCUT2D eigenvalue weighted by Gasteiger charge is -2.07. The number of fused-ring (bicyclic) bond motifs is 1. The van der Waals surface area contributed by atoms with Gasteiger partial charge in [-0.15, -0.1) is 0 Å². The molecule has 0 unspecified atom stereocenters. The smallest absolute Gasteiger partial charge is 0.261 e. The van der Waals surface area contributed by atoms with Crippen LogP contribution in [0.25, 0.3) is 10.9 Å². The van der Waals surface area contributed by atoms with Gasteiger partial charge < -0.3 is 0 Å². The van der Waals surface area contributed by atoms with Crippen LogP contribution in [0, 0.1) is 0 Å². The molecule has 0 aliphatic rings. The summed E-state index contributed by atoms with van der Waals surface area (Å²) in [6.07, 6.45) is 4.84. The van der Waals surface area contributed by atoms with Crippen molar-refractivity contribution >= 4 is 20.7 Å². The number of hydrogen-bond donors (Lipinski definition) is 0. The van der Waals surface area contributed by atoms with Gasteiger partial charge in [-0.25, -0.2) is 13.4 Å². The van der Waals surface area contributed by atoms with E-state index in [1.807, 2.05) is 0 Å². The summed E-state index contributed by atoms with van der Waals surface area (Å²) >= 11 is 0. The third kappa shape index (κ3) is 3.29. The summed E-state index contributed by atoms with van der Waals surface area (Å²) in [6, 6.07) is 9.92. The van der Waals surface area contributed by atoms with Crippen molar-refractivity contribution in [1.82, 2.24) is 14.5 Å². The van der Waals surface area contributed by atoms with E-state index in [0.29, 0.717) is 28.8 Å². The molecule has 2 aromatic heterocycles. The first-order chi connectivity index (χ1) is 11.1. The average Bonchev–Trinajstić information content (AvgIpc) is 2.58. The van der Waals surface area contributed by atoms with E-state index in [0.717, 1.165) is 0 Å². The van der Waals surface area contributed by atoms with E-state index in [1.54, 1.807) is 36.4 Å². The lowest BCUT2D eigenvalue weighted by Crippen LogP contribution is -2.22. The molecule has 6 nitrogen and oxygen atoms in total. The van der Waals surface area contributed by atoms with Crippen LogP contribution in [0.4, 0.5) is 0 Å². The molecule has 0 bridgehead atoms. The van der Waals surface area contributed by atoms with Gasteiger partial charge in [-0.05, 0) is 24.6 Å². The maximum Gasteiger partial charge on any atom is 0.261 e. The molecule has 0 spiro atoms. The molecule has 0 fully saturated rings. The molecule has 0 N–H and O–H groups in total. The van der Waals surface area contributed by atoms with E-state index >= 15 is 0 Å². The van der Waals surface area contributed by atoms with Crippen molar-refractivity contribution in [3.05, 3.63) is 65.5 Å². The molecule has 0 aliphatic carbocycles. The van der Waals surface area contributed by atoms with Gasteiger partial charge in [0.05, 0.1) is 34.1 Å². The molecule has 23 heavy (non-hydrogen) atoms. The van der Waals surface area contributed by atoms with Crippen molar-refractivity contribution in [3.8, 4) is 0 Å². The summed E-state index contributed by atoms with van der Waals surface area (Å²) < 4.78 is 25.9. The van der Waals surface area contributed by atoms with Crippen LogP contribution in [0.1, 0.15) is 6.42 Å². The lowest BCUT2D eigenvalue weighted by atomic mass is 10.3. The fourth-order valence-electron chi connectivity index (χ4n) is 2.34. The zero-order valence-corrected chi connectivity index (χ0v) is 13.1. The van der Waals surface area contributed by atoms with E-state index in [4.69, 9.17) is 0 Å². The Bertz CT molecular complexity index is 982. The van der Waals surface area contributed by atoms with Crippen LogP contribution in [0.2, 0.25) is 0 Å². The highest BCUT2D eigenvalue weighted by molar-refractivity contribution is 7.91. The number of nitrogens with zero attached hydrogens (tertiary/aromatic N) is 3. The molecule has 0 atom stereocenters. The highest BCUT2D eigenvalue weighted by Crippen LogP contribution is 2.11. The number of aromatic nitrogens is 3. The third-order valence-corrected chi connectivity index (χ3v) is 5.36. The minimum absolute atomic E-state index is 0.0160. The Hall–Kier alpha value is -2.54. The second-order valence-electron chi connectivity index (χ2n) is 5.12. The molecule has 3 aromatic rings. The normalized spacial score (nSPS) is 11.7. The van der Waals surface area contributed by atoms with Crippen molar-refractivity contribution in [2.24, 2.45) is 0 Å². The Morgan fingerprint density at radius 1 is 1.09 bits per heavy atom. The van der Waals surface area contributed by atoms with Crippen LogP contribution in [-0.2, 0) is 16.4 Å². The Morgan fingerprint density at radius 3 is 2.65 bits per heavy atom. The number of hydrogen-bond acceptors (Lipinski definition) is 5. The minimum atomic E-state index is -3.33. The molecule has 118 valence electrons. The number of sulfone groups is 1. The molecule has 7 heteroatoms. The Morgan fingerprint density at radius 2 is 1.87 bits per heavy atom. The van der Waals surface area contributed by atoms with Gasteiger partial charge in [-0.3, -0.25) is 14.3 Å². The lowest BCUT2D eigenvalue weighted by molar-refractivity contribution is 0.583. The summed E-state index contributed by atoms with van der Waals surface area (Å²) in [5.41, 5.74) is 0.347. The fourth-order valence-corrected chi connectivity index (χ4v) is 3.66. The average molecular weight is 329 g/mol. The van der Waals surface area contributed by atoms with Gasteiger partial charge in [-0.2, -0.15) is 0 Å². The number of aryl methyl sites for hydroxylation is 1. The molecular weight excluding hydrogens is 314 g/mol. The SMILES string of the molecule is O=c1c2ccncc2ncn1CCCS(=O)(=O)c1ccccc1. The molecule has 0 saturated carbocycles.